The van der Waals surface area contributed by atoms with E-state index in [1.807, 2.05) is 20.8 Å². The molecule has 1 N–H and O–H groups in total. The molecule has 2 saturated heterocycles. The van der Waals surface area contributed by atoms with Crippen LogP contribution < -0.4 is 5.32 Å². The van der Waals surface area contributed by atoms with Crippen molar-refractivity contribution in [3.8, 4) is 0 Å². The van der Waals surface area contributed by atoms with Crippen molar-refractivity contribution in [2.45, 2.75) is 71.1 Å². The van der Waals surface area contributed by atoms with Crippen LogP contribution in [0.25, 0.3) is 11.0 Å². The van der Waals surface area contributed by atoms with Gasteiger partial charge in [0.1, 0.15) is 17.2 Å². The maximum atomic E-state index is 13.6. The molecule has 35 heavy (non-hydrogen) atoms. The number of nitrogens with one attached hydrogen (secondary N) is 1. The van der Waals surface area contributed by atoms with E-state index >= 15 is 0 Å². The molecular formula is C26H35N3O6. The topological polar surface area (TPSA) is 101 Å². The molecular weight excluding hydrogens is 450 g/mol. The summed E-state index contributed by atoms with van der Waals surface area (Å²) in [5, 5.41) is 3.66. The zero-order chi connectivity index (χ0) is 25.2. The molecule has 1 aromatic carbocycles. The molecule has 2 atom stereocenters. The average Bonchev–Trinajstić information content (AvgIpc) is 3.43. The minimum absolute atomic E-state index is 0.0594. The average molecular weight is 486 g/mol. The van der Waals surface area contributed by atoms with Crippen LogP contribution in [0, 0.1) is 0 Å². The molecule has 2 aromatic rings. The second-order valence-corrected chi connectivity index (χ2v) is 10.1. The van der Waals surface area contributed by atoms with Gasteiger partial charge in [-0.25, -0.2) is 9.59 Å². The van der Waals surface area contributed by atoms with E-state index in [0.29, 0.717) is 23.2 Å². The Kier molecular flexibility index (Phi) is 7.35. The van der Waals surface area contributed by atoms with Crippen LogP contribution in [0.3, 0.4) is 0 Å². The van der Waals surface area contributed by atoms with E-state index in [-0.39, 0.29) is 24.3 Å². The highest BCUT2D eigenvalue weighted by Gasteiger charge is 2.46. The zero-order valence-electron chi connectivity index (χ0n) is 21.0. The predicted molar refractivity (Wildman–Crippen MR) is 131 cm³/mol. The van der Waals surface area contributed by atoms with E-state index in [1.165, 1.54) is 6.42 Å². The number of carbonyl (C=O) groups is 3. The number of likely N-dealkylation sites (tertiary alicyclic amines) is 2. The summed E-state index contributed by atoms with van der Waals surface area (Å²) < 4.78 is 16.2. The fraction of sp³-hybridized carbons (Fsp3) is 0.577. The quantitative estimate of drug-likeness (QED) is 0.626. The Bertz CT molecular complexity index is 1080. The molecule has 0 unspecified atom stereocenters. The van der Waals surface area contributed by atoms with Gasteiger partial charge in [-0.1, -0.05) is 6.42 Å². The molecule has 0 bridgehead atoms. The molecule has 2 amide bonds. The zero-order valence-corrected chi connectivity index (χ0v) is 21.0. The number of ether oxygens (including phenoxy) is 2. The Morgan fingerprint density at radius 3 is 2.51 bits per heavy atom. The predicted octanol–water partition coefficient (Wildman–Crippen LogP) is 4.41. The van der Waals surface area contributed by atoms with Gasteiger partial charge in [0.25, 0.3) is 0 Å². The maximum Gasteiger partial charge on any atom is 0.411 e. The highest BCUT2D eigenvalue weighted by atomic mass is 16.6. The van der Waals surface area contributed by atoms with Crippen LogP contribution in [0.5, 0.6) is 0 Å². The second-order valence-electron chi connectivity index (χ2n) is 10.1. The first-order chi connectivity index (χ1) is 16.7. The Balaban J connectivity index is 1.55. The van der Waals surface area contributed by atoms with Crippen molar-refractivity contribution in [2.24, 2.45) is 0 Å². The molecule has 190 valence electrons. The third-order valence-corrected chi connectivity index (χ3v) is 6.38. The minimum atomic E-state index is -0.655. The van der Waals surface area contributed by atoms with Gasteiger partial charge >= 0.3 is 12.1 Å². The van der Waals surface area contributed by atoms with Crippen molar-refractivity contribution in [2.75, 3.05) is 31.6 Å². The van der Waals surface area contributed by atoms with Crippen molar-refractivity contribution in [3.63, 3.8) is 0 Å². The summed E-state index contributed by atoms with van der Waals surface area (Å²) in [6.07, 6.45) is 3.63. The van der Waals surface area contributed by atoms with Crippen LogP contribution >= 0.6 is 0 Å². The summed E-state index contributed by atoms with van der Waals surface area (Å²) >= 11 is 0. The van der Waals surface area contributed by atoms with Crippen molar-refractivity contribution in [3.05, 3.63) is 30.0 Å². The monoisotopic (exact) mass is 485 g/mol. The number of hydrogen-bond acceptors (Lipinski definition) is 7. The lowest BCUT2D eigenvalue weighted by Gasteiger charge is -2.36. The molecule has 2 fully saturated rings. The van der Waals surface area contributed by atoms with Gasteiger partial charge in [-0.05, 0) is 84.3 Å². The number of piperidine rings is 1. The van der Waals surface area contributed by atoms with Crippen LogP contribution in [-0.2, 0) is 14.3 Å². The fourth-order valence-electron chi connectivity index (χ4n) is 4.89. The summed E-state index contributed by atoms with van der Waals surface area (Å²) in [6.45, 7) is 9.77. The third-order valence-electron chi connectivity index (χ3n) is 6.38. The minimum Gasteiger partial charge on any atom is -0.460 e. The molecule has 1 aromatic heterocycles. The summed E-state index contributed by atoms with van der Waals surface area (Å²) in [6, 6.07) is 6.07. The number of carbonyl (C=O) groups excluding carboxylic acids is 3. The van der Waals surface area contributed by atoms with Crippen LogP contribution in [0.4, 0.5) is 10.5 Å². The standard InChI is InChI=1S/C26H35N3O6/c1-5-33-24(31)21-16-17-15-18(9-10-20(17)34-21)27-23(30)22-19(28-12-7-6-8-13-28)11-14-29(22)25(32)35-26(2,3)4/h9-10,15-16,19,22H,5-8,11-14H2,1-4H3,(H,27,30)/t19-,22+/m1/s1. The Labute approximate surface area is 205 Å². The third kappa shape index (κ3) is 5.78. The Hall–Kier alpha value is -3.07. The number of benzene rings is 1. The van der Waals surface area contributed by atoms with Crippen LogP contribution in [-0.4, -0.2) is 71.7 Å². The largest absolute Gasteiger partial charge is 0.460 e. The van der Waals surface area contributed by atoms with Gasteiger partial charge < -0.3 is 19.2 Å². The van der Waals surface area contributed by atoms with Gasteiger partial charge in [0.05, 0.1) is 6.61 Å². The lowest BCUT2D eigenvalue weighted by Crippen LogP contribution is -2.54. The molecule has 0 spiro atoms. The van der Waals surface area contributed by atoms with Gasteiger partial charge in [-0.3, -0.25) is 14.6 Å². The first-order valence-electron chi connectivity index (χ1n) is 12.4. The highest BCUT2D eigenvalue weighted by molar-refractivity contribution is 6.00. The molecule has 2 aliphatic heterocycles. The molecule has 0 aliphatic carbocycles. The summed E-state index contributed by atoms with van der Waals surface area (Å²) in [4.78, 5) is 42.5. The van der Waals surface area contributed by atoms with Gasteiger partial charge in [0.15, 0.2) is 0 Å². The Morgan fingerprint density at radius 1 is 1.09 bits per heavy atom. The number of esters is 1. The van der Waals surface area contributed by atoms with Crippen LogP contribution in [0.1, 0.15) is 63.9 Å². The number of amides is 2. The summed E-state index contributed by atoms with van der Waals surface area (Å²) in [7, 11) is 0. The van der Waals surface area contributed by atoms with E-state index < -0.39 is 23.7 Å². The van der Waals surface area contributed by atoms with E-state index in [1.54, 1.807) is 36.1 Å². The SMILES string of the molecule is CCOC(=O)c1cc2cc(NC(=O)[C@@H]3[C@H](N4CCCCC4)CCN3C(=O)OC(C)(C)C)ccc2o1. The second kappa shape index (κ2) is 10.3. The van der Waals surface area contributed by atoms with E-state index in [2.05, 4.69) is 10.2 Å². The molecule has 4 rings (SSSR count). The number of furan rings is 1. The van der Waals surface area contributed by atoms with Gasteiger partial charge in [0.2, 0.25) is 11.7 Å². The van der Waals surface area contributed by atoms with E-state index in [4.69, 9.17) is 13.9 Å². The first-order valence-corrected chi connectivity index (χ1v) is 12.4. The lowest BCUT2D eigenvalue weighted by molar-refractivity contribution is -0.122. The molecule has 9 nitrogen and oxygen atoms in total. The number of anilines is 1. The van der Waals surface area contributed by atoms with Crippen LogP contribution in [0.2, 0.25) is 0 Å². The van der Waals surface area contributed by atoms with Gasteiger partial charge in [0, 0.05) is 23.7 Å². The van der Waals surface area contributed by atoms with Crippen molar-refractivity contribution < 1.29 is 28.3 Å². The van der Waals surface area contributed by atoms with Crippen molar-refractivity contribution >= 4 is 34.6 Å². The molecule has 2 aliphatic rings. The highest BCUT2D eigenvalue weighted by Crippen LogP contribution is 2.30. The number of hydrogen-bond donors (Lipinski definition) is 1. The van der Waals surface area contributed by atoms with Crippen molar-refractivity contribution in [1.82, 2.24) is 9.80 Å². The Morgan fingerprint density at radius 2 is 1.83 bits per heavy atom. The lowest BCUT2D eigenvalue weighted by atomic mass is 10.0. The summed E-state index contributed by atoms with van der Waals surface area (Å²) in [5.74, 6) is -0.669. The molecule has 0 radical (unpaired) electrons. The van der Waals surface area contributed by atoms with E-state index in [9.17, 15) is 14.4 Å². The number of nitrogens with zero attached hydrogens (tertiary/aromatic N) is 2. The number of fused-ring (bicyclic) bond motifs is 1. The molecule has 0 saturated carbocycles. The fourth-order valence-corrected chi connectivity index (χ4v) is 4.89. The summed E-state index contributed by atoms with van der Waals surface area (Å²) in [5.41, 5.74) is 0.435. The first kappa shape index (κ1) is 25.0. The van der Waals surface area contributed by atoms with Gasteiger partial charge in [-0.15, -0.1) is 0 Å². The normalized spacial score (nSPS) is 21.2. The molecule has 3 heterocycles. The molecule has 9 heteroatoms. The van der Waals surface area contributed by atoms with Crippen LogP contribution in [0.15, 0.2) is 28.7 Å². The smallest absolute Gasteiger partial charge is 0.411 e. The van der Waals surface area contributed by atoms with Gasteiger partial charge in [-0.2, -0.15) is 0 Å². The van der Waals surface area contributed by atoms with E-state index in [0.717, 1.165) is 32.4 Å². The number of rotatable bonds is 5. The maximum absolute atomic E-state index is 13.6. The van der Waals surface area contributed by atoms with Crippen molar-refractivity contribution in [1.29, 1.82) is 0 Å².